The molecular weight excluding hydrogens is 384 g/mol. The molecule has 2 aromatic carbocycles. The molecule has 0 saturated heterocycles. The van der Waals surface area contributed by atoms with E-state index in [1.54, 1.807) is 14.2 Å². The Bertz CT molecular complexity index is 738. The van der Waals surface area contributed by atoms with Gasteiger partial charge in [-0.15, -0.1) is 23.5 Å². The number of methoxy groups -OCH3 is 3. The van der Waals surface area contributed by atoms with Crippen LogP contribution in [0.5, 0.6) is 11.5 Å². The van der Waals surface area contributed by atoms with Gasteiger partial charge in [-0.3, -0.25) is 4.79 Å². The lowest BCUT2D eigenvalue weighted by atomic mass is 10.1. The van der Waals surface area contributed by atoms with Crippen molar-refractivity contribution in [2.45, 2.75) is 16.2 Å². The second kappa shape index (κ2) is 11.1. The van der Waals surface area contributed by atoms with Crippen molar-refractivity contribution in [2.75, 3.05) is 32.8 Å². The average molecular weight is 409 g/mol. The molecule has 0 amide bonds. The summed E-state index contributed by atoms with van der Waals surface area (Å²) < 4.78 is 15.4. The number of aliphatic hydroxyl groups excluding tert-OH is 1. The molecule has 2 aromatic rings. The molecule has 0 heterocycles. The first-order valence-electron chi connectivity index (χ1n) is 8.35. The van der Waals surface area contributed by atoms with Crippen molar-refractivity contribution in [3.63, 3.8) is 0 Å². The van der Waals surface area contributed by atoms with E-state index in [-0.39, 0.29) is 17.0 Å². The predicted molar refractivity (Wildman–Crippen MR) is 110 cm³/mol. The molecule has 0 spiro atoms. The van der Waals surface area contributed by atoms with Crippen molar-refractivity contribution in [2.24, 2.45) is 0 Å². The van der Waals surface area contributed by atoms with Crippen molar-refractivity contribution in [1.29, 1.82) is 0 Å². The van der Waals surface area contributed by atoms with E-state index >= 15 is 0 Å². The zero-order valence-corrected chi connectivity index (χ0v) is 17.2. The van der Waals surface area contributed by atoms with Crippen LogP contribution in [-0.4, -0.2) is 50.0 Å². The Morgan fingerprint density at radius 2 is 1.85 bits per heavy atom. The molecule has 27 heavy (non-hydrogen) atoms. The van der Waals surface area contributed by atoms with Crippen molar-refractivity contribution in [1.82, 2.24) is 0 Å². The molecule has 0 bridgehead atoms. The van der Waals surface area contributed by atoms with E-state index in [1.807, 2.05) is 48.5 Å². The van der Waals surface area contributed by atoms with Gasteiger partial charge in [0.05, 0.1) is 38.4 Å². The number of para-hydroxylation sites is 1. The van der Waals surface area contributed by atoms with E-state index in [1.165, 1.54) is 30.6 Å². The summed E-state index contributed by atoms with van der Waals surface area (Å²) in [5.74, 6) is 1.77. The quantitative estimate of drug-likeness (QED) is 0.474. The van der Waals surface area contributed by atoms with E-state index in [2.05, 4.69) is 4.74 Å². The highest BCUT2D eigenvalue weighted by Gasteiger charge is 2.26. The lowest BCUT2D eigenvalue weighted by Gasteiger charge is -2.24. The van der Waals surface area contributed by atoms with E-state index in [0.29, 0.717) is 5.75 Å². The van der Waals surface area contributed by atoms with Crippen LogP contribution < -0.4 is 9.47 Å². The Morgan fingerprint density at radius 3 is 2.56 bits per heavy atom. The Labute approximate surface area is 168 Å². The van der Waals surface area contributed by atoms with Gasteiger partial charge in [-0.1, -0.05) is 24.3 Å². The minimum Gasteiger partial charge on any atom is -0.497 e. The van der Waals surface area contributed by atoms with E-state index in [0.717, 1.165) is 22.0 Å². The van der Waals surface area contributed by atoms with E-state index < -0.39 is 6.10 Å². The van der Waals surface area contributed by atoms with Crippen LogP contribution in [0.25, 0.3) is 0 Å². The number of aliphatic hydroxyl groups is 1. The Morgan fingerprint density at radius 1 is 1.07 bits per heavy atom. The molecule has 146 valence electrons. The lowest BCUT2D eigenvalue weighted by molar-refractivity contribution is -0.137. The molecule has 7 heteroatoms. The number of carbonyl (C=O) groups is 1. The summed E-state index contributed by atoms with van der Waals surface area (Å²) in [6.45, 7) is 0. The van der Waals surface area contributed by atoms with Gasteiger partial charge in [-0.25, -0.2) is 0 Å². The normalized spacial score (nSPS) is 12.9. The second-order valence-corrected chi connectivity index (χ2v) is 7.86. The highest BCUT2D eigenvalue weighted by molar-refractivity contribution is 8.00. The standard InChI is InChI=1S/C20H24O5S2/c1-23-14-7-6-8-15(11-14)27-20(16-9-4-5-10-18(16)24-2)17(21)12-26-13-19(22)25-3/h4-11,17,20-21H,12-13H2,1-3H3. The highest BCUT2D eigenvalue weighted by Crippen LogP contribution is 2.43. The first-order valence-corrected chi connectivity index (χ1v) is 10.4. The van der Waals surface area contributed by atoms with Crippen molar-refractivity contribution < 1.29 is 24.1 Å². The fourth-order valence-electron chi connectivity index (χ4n) is 2.48. The molecular formula is C20H24O5S2. The predicted octanol–water partition coefficient (Wildman–Crippen LogP) is 3.80. The van der Waals surface area contributed by atoms with Crippen LogP contribution in [0, 0.1) is 0 Å². The first-order chi connectivity index (χ1) is 13.1. The number of ether oxygens (including phenoxy) is 3. The Hall–Kier alpha value is -1.83. The maximum atomic E-state index is 11.3. The fourth-order valence-corrected chi connectivity index (χ4v) is 4.65. The number of esters is 1. The van der Waals surface area contributed by atoms with Gasteiger partial charge >= 0.3 is 5.97 Å². The van der Waals surface area contributed by atoms with Gasteiger partial charge < -0.3 is 19.3 Å². The third-order valence-corrected chi connectivity index (χ3v) is 6.20. The molecule has 0 aromatic heterocycles. The second-order valence-electron chi connectivity index (χ2n) is 5.62. The van der Waals surface area contributed by atoms with Gasteiger partial charge in [0.1, 0.15) is 11.5 Å². The van der Waals surface area contributed by atoms with Gasteiger partial charge in [0.15, 0.2) is 0 Å². The zero-order chi connectivity index (χ0) is 19.6. The molecule has 0 radical (unpaired) electrons. The lowest BCUT2D eigenvalue weighted by Crippen LogP contribution is -2.20. The van der Waals surface area contributed by atoms with Crippen LogP contribution in [-0.2, 0) is 9.53 Å². The van der Waals surface area contributed by atoms with Gasteiger partial charge in [0.25, 0.3) is 0 Å². The maximum Gasteiger partial charge on any atom is 0.315 e. The summed E-state index contributed by atoms with van der Waals surface area (Å²) in [7, 11) is 4.60. The minimum atomic E-state index is -0.688. The van der Waals surface area contributed by atoms with Crippen LogP contribution >= 0.6 is 23.5 Å². The third kappa shape index (κ3) is 6.37. The minimum absolute atomic E-state index is 0.204. The Kier molecular flexibility index (Phi) is 8.84. The zero-order valence-electron chi connectivity index (χ0n) is 15.6. The Balaban J connectivity index is 2.23. The number of hydrogen-bond donors (Lipinski definition) is 1. The number of rotatable bonds is 10. The summed E-state index contributed by atoms with van der Waals surface area (Å²) in [4.78, 5) is 12.3. The number of carbonyl (C=O) groups excluding carboxylic acids is 1. The van der Waals surface area contributed by atoms with Gasteiger partial charge in [-0.05, 0) is 24.3 Å². The SMILES string of the molecule is COC(=O)CSCC(O)C(Sc1cccc(OC)c1)c1ccccc1OC. The summed E-state index contributed by atoms with van der Waals surface area (Å²) in [5.41, 5.74) is 0.902. The third-order valence-electron chi connectivity index (χ3n) is 3.84. The molecule has 0 aliphatic heterocycles. The molecule has 0 saturated carbocycles. The fraction of sp³-hybridized carbons (Fsp3) is 0.350. The summed E-state index contributed by atoms with van der Waals surface area (Å²) in [6.07, 6.45) is -0.688. The van der Waals surface area contributed by atoms with Crippen LogP contribution in [0.3, 0.4) is 0 Å². The van der Waals surface area contributed by atoms with Crippen molar-refractivity contribution in [3.8, 4) is 11.5 Å². The molecule has 0 fully saturated rings. The van der Waals surface area contributed by atoms with Crippen LogP contribution in [0.1, 0.15) is 10.8 Å². The first kappa shape index (κ1) is 21.5. The smallest absolute Gasteiger partial charge is 0.315 e. The monoisotopic (exact) mass is 408 g/mol. The molecule has 5 nitrogen and oxygen atoms in total. The van der Waals surface area contributed by atoms with Crippen molar-refractivity contribution in [3.05, 3.63) is 54.1 Å². The number of thioether (sulfide) groups is 2. The molecule has 0 aliphatic rings. The van der Waals surface area contributed by atoms with Crippen molar-refractivity contribution >= 4 is 29.5 Å². The average Bonchev–Trinajstić information content (AvgIpc) is 2.71. The highest BCUT2D eigenvalue weighted by atomic mass is 32.2. The molecule has 0 aliphatic carbocycles. The molecule has 2 rings (SSSR count). The summed E-state index contributed by atoms with van der Waals surface area (Å²) >= 11 is 2.88. The van der Waals surface area contributed by atoms with E-state index in [4.69, 9.17) is 9.47 Å². The van der Waals surface area contributed by atoms with Gasteiger partial charge in [-0.2, -0.15) is 0 Å². The summed E-state index contributed by atoms with van der Waals surface area (Å²) in [6, 6.07) is 15.3. The van der Waals surface area contributed by atoms with Gasteiger partial charge in [0, 0.05) is 16.2 Å². The van der Waals surface area contributed by atoms with E-state index in [9.17, 15) is 9.90 Å². The van der Waals surface area contributed by atoms with Crippen LogP contribution in [0.15, 0.2) is 53.4 Å². The van der Waals surface area contributed by atoms with Gasteiger partial charge in [0.2, 0.25) is 0 Å². The maximum absolute atomic E-state index is 11.3. The van der Waals surface area contributed by atoms with Crippen LogP contribution in [0.4, 0.5) is 0 Å². The van der Waals surface area contributed by atoms with Crippen LogP contribution in [0.2, 0.25) is 0 Å². The largest absolute Gasteiger partial charge is 0.497 e. The molecule has 2 atom stereocenters. The topological polar surface area (TPSA) is 65.0 Å². The summed E-state index contributed by atoms with van der Waals surface area (Å²) in [5, 5.41) is 10.6. The molecule has 2 unspecified atom stereocenters. The number of hydrogen-bond acceptors (Lipinski definition) is 7. The molecule has 1 N–H and O–H groups in total. The number of benzene rings is 2.